The number of benzene rings is 2. The summed E-state index contributed by atoms with van der Waals surface area (Å²) >= 11 is -0.414. The number of carboxylic acids is 1. The Morgan fingerprint density at radius 3 is 2.31 bits per heavy atom. The molecule has 0 atom stereocenters. The van der Waals surface area contributed by atoms with E-state index in [4.69, 9.17) is 9.84 Å². The highest BCUT2D eigenvalue weighted by molar-refractivity contribution is 8.00. The standard InChI is InChI=1S/C16H10F6O3S/c17-15(18,19)10-4-5-13(25-8-14(23)24)12(7-10)9-2-1-3-11(6-9)26-16(20,21)22/h1-7H,8H2,(H,23,24). The van der Waals surface area contributed by atoms with Crippen LogP contribution in [0, 0.1) is 0 Å². The van der Waals surface area contributed by atoms with Crippen LogP contribution in [0.1, 0.15) is 5.56 Å². The minimum Gasteiger partial charge on any atom is -0.481 e. The second-order valence-corrected chi connectivity index (χ2v) is 6.11. The minimum atomic E-state index is -4.68. The fraction of sp³-hybridized carbons (Fsp3) is 0.188. The van der Waals surface area contributed by atoms with E-state index in [2.05, 4.69) is 0 Å². The van der Waals surface area contributed by atoms with E-state index in [-0.39, 0.29) is 21.8 Å². The van der Waals surface area contributed by atoms with Crippen LogP contribution in [-0.2, 0) is 11.0 Å². The van der Waals surface area contributed by atoms with Crippen molar-refractivity contribution in [3.8, 4) is 16.9 Å². The van der Waals surface area contributed by atoms with Crippen LogP contribution in [0.2, 0.25) is 0 Å². The van der Waals surface area contributed by atoms with E-state index in [0.717, 1.165) is 18.2 Å². The molecule has 2 aromatic rings. The highest BCUT2D eigenvalue weighted by Gasteiger charge is 2.32. The fourth-order valence-electron chi connectivity index (χ4n) is 2.06. The van der Waals surface area contributed by atoms with Gasteiger partial charge in [-0.25, -0.2) is 4.79 Å². The summed E-state index contributed by atoms with van der Waals surface area (Å²) in [5, 5.41) is 8.66. The predicted octanol–water partition coefficient (Wildman–Crippen LogP) is 5.45. The summed E-state index contributed by atoms with van der Waals surface area (Å²) in [5.41, 5.74) is -5.73. The molecule has 0 fully saturated rings. The molecule has 0 bridgehead atoms. The minimum absolute atomic E-state index is 0.0331. The van der Waals surface area contributed by atoms with Gasteiger partial charge >= 0.3 is 17.7 Å². The summed E-state index contributed by atoms with van der Waals surface area (Å²) in [4.78, 5) is 10.4. The third-order valence-electron chi connectivity index (χ3n) is 3.04. The topological polar surface area (TPSA) is 46.5 Å². The highest BCUT2D eigenvalue weighted by Crippen LogP contribution is 2.41. The Morgan fingerprint density at radius 2 is 1.73 bits per heavy atom. The predicted molar refractivity (Wildman–Crippen MR) is 81.9 cm³/mol. The van der Waals surface area contributed by atoms with Crippen molar-refractivity contribution in [2.24, 2.45) is 0 Å². The van der Waals surface area contributed by atoms with Crippen LogP contribution in [-0.4, -0.2) is 23.2 Å². The van der Waals surface area contributed by atoms with E-state index >= 15 is 0 Å². The first kappa shape index (κ1) is 20.0. The molecule has 2 aromatic carbocycles. The molecular weight excluding hydrogens is 386 g/mol. The molecule has 0 radical (unpaired) electrons. The van der Waals surface area contributed by atoms with Gasteiger partial charge in [0, 0.05) is 10.5 Å². The van der Waals surface area contributed by atoms with Gasteiger partial charge in [0.2, 0.25) is 0 Å². The largest absolute Gasteiger partial charge is 0.481 e. The van der Waals surface area contributed by atoms with Crippen molar-refractivity contribution in [1.82, 2.24) is 0 Å². The first-order valence-corrected chi connectivity index (χ1v) is 7.69. The van der Waals surface area contributed by atoms with Crippen molar-refractivity contribution < 1.29 is 41.0 Å². The van der Waals surface area contributed by atoms with Crippen molar-refractivity contribution in [2.75, 3.05) is 6.61 Å². The third-order valence-corrected chi connectivity index (χ3v) is 3.76. The van der Waals surface area contributed by atoms with Gasteiger partial charge in [0.1, 0.15) is 5.75 Å². The van der Waals surface area contributed by atoms with E-state index in [0.29, 0.717) is 12.1 Å². The first-order valence-electron chi connectivity index (χ1n) is 6.88. The Morgan fingerprint density at radius 1 is 1.04 bits per heavy atom. The molecule has 10 heteroatoms. The Balaban J connectivity index is 2.50. The normalized spacial score (nSPS) is 12.1. The molecule has 2 rings (SSSR count). The SMILES string of the molecule is O=C(O)COc1ccc(C(F)(F)F)cc1-c1cccc(SC(F)(F)F)c1. The lowest BCUT2D eigenvalue weighted by Gasteiger charge is -2.15. The Kier molecular flexibility index (Phi) is 5.74. The lowest BCUT2D eigenvalue weighted by atomic mass is 10.0. The van der Waals surface area contributed by atoms with Gasteiger partial charge in [0.05, 0.1) is 5.56 Å². The maximum absolute atomic E-state index is 12.9. The lowest BCUT2D eigenvalue weighted by Crippen LogP contribution is -2.11. The third kappa shape index (κ3) is 5.58. The van der Waals surface area contributed by atoms with Crippen molar-refractivity contribution in [3.05, 3.63) is 48.0 Å². The number of halogens is 6. The van der Waals surface area contributed by atoms with Crippen LogP contribution in [0.4, 0.5) is 26.3 Å². The van der Waals surface area contributed by atoms with Crippen LogP contribution in [0.25, 0.3) is 11.1 Å². The number of hydrogen-bond acceptors (Lipinski definition) is 3. The molecule has 3 nitrogen and oxygen atoms in total. The molecule has 0 unspecified atom stereocenters. The molecule has 26 heavy (non-hydrogen) atoms. The maximum atomic E-state index is 12.9. The molecule has 0 amide bonds. The van der Waals surface area contributed by atoms with Crippen molar-refractivity contribution in [2.45, 2.75) is 16.6 Å². The van der Waals surface area contributed by atoms with Gasteiger partial charge < -0.3 is 9.84 Å². The van der Waals surface area contributed by atoms with E-state index in [1.807, 2.05) is 0 Å². The average Bonchev–Trinajstić information content (AvgIpc) is 2.50. The monoisotopic (exact) mass is 396 g/mol. The molecular formula is C16H10F6O3S. The lowest BCUT2D eigenvalue weighted by molar-refractivity contribution is -0.140. The Bertz CT molecular complexity index is 801. The quantitative estimate of drug-likeness (QED) is 0.540. The Hall–Kier alpha value is -2.36. The smallest absolute Gasteiger partial charge is 0.446 e. The molecule has 0 aliphatic rings. The van der Waals surface area contributed by atoms with E-state index in [1.165, 1.54) is 12.1 Å². The number of carbonyl (C=O) groups is 1. The zero-order valence-corrected chi connectivity index (χ0v) is 13.5. The zero-order valence-electron chi connectivity index (χ0n) is 12.7. The van der Waals surface area contributed by atoms with Crippen molar-refractivity contribution in [3.63, 3.8) is 0 Å². The molecule has 0 aliphatic heterocycles. The van der Waals surface area contributed by atoms with Crippen molar-refractivity contribution >= 4 is 17.7 Å². The molecule has 0 spiro atoms. The average molecular weight is 396 g/mol. The van der Waals surface area contributed by atoms with Gasteiger partial charge in [-0.1, -0.05) is 12.1 Å². The summed E-state index contributed by atoms with van der Waals surface area (Å²) in [6, 6.07) is 7.12. The van der Waals surface area contributed by atoms with Gasteiger partial charge in [-0.05, 0) is 47.7 Å². The van der Waals surface area contributed by atoms with Gasteiger partial charge in [-0.2, -0.15) is 26.3 Å². The van der Waals surface area contributed by atoms with Crippen LogP contribution < -0.4 is 4.74 Å². The highest BCUT2D eigenvalue weighted by atomic mass is 32.2. The van der Waals surface area contributed by atoms with Crippen LogP contribution in [0.15, 0.2) is 47.4 Å². The number of carboxylic acid groups (broad SMARTS) is 1. The number of hydrogen-bond donors (Lipinski definition) is 1. The summed E-state index contributed by atoms with van der Waals surface area (Å²) in [6.45, 7) is -0.810. The number of rotatable bonds is 5. The van der Waals surface area contributed by atoms with Gasteiger partial charge in [0.25, 0.3) is 0 Å². The second kappa shape index (κ2) is 7.48. The molecule has 0 saturated carbocycles. The first-order chi connectivity index (χ1) is 12.0. The van der Waals surface area contributed by atoms with Crippen LogP contribution >= 0.6 is 11.8 Å². The fourth-order valence-corrected chi connectivity index (χ4v) is 2.66. The molecule has 0 saturated heterocycles. The number of thioether (sulfide) groups is 1. The van der Waals surface area contributed by atoms with Crippen LogP contribution in [0.3, 0.4) is 0 Å². The zero-order chi connectivity index (χ0) is 19.5. The molecule has 1 N–H and O–H groups in total. The second-order valence-electron chi connectivity index (χ2n) is 4.97. The summed E-state index contributed by atoms with van der Waals surface area (Å²) in [7, 11) is 0. The molecule has 0 aromatic heterocycles. The summed E-state index contributed by atoms with van der Waals surface area (Å²) in [5.74, 6) is -1.54. The van der Waals surface area contributed by atoms with Crippen LogP contribution in [0.5, 0.6) is 5.75 Å². The van der Waals surface area contributed by atoms with E-state index in [9.17, 15) is 31.1 Å². The van der Waals surface area contributed by atoms with Gasteiger partial charge in [-0.3, -0.25) is 0 Å². The van der Waals surface area contributed by atoms with E-state index < -0.39 is 41.6 Å². The number of alkyl halides is 6. The molecule has 140 valence electrons. The summed E-state index contributed by atoms with van der Waals surface area (Å²) in [6.07, 6.45) is -4.68. The Labute approximate surface area is 147 Å². The van der Waals surface area contributed by atoms with E-state index in [1.54, 1.807) is 0 Å². The van der Waals surface area contributed by atoms with Crippen molar-refractivity contribution in [1.29, 1.82) is 0 Å². The molecule has 0 aliphatic carbocycles. The van der Waals surface area contributed by atoms with Gasteiger partial charge in [0.15, 0.2) is 6.61 Å². The number of aliphatic carboxylic acids is 1. The maximum Gasteiger partial charge on any atom is 0.446 e. The summed E-state index contributed by atoms with van der Waals surface area (Å²) < 4.78 is 81.3. The molecule has 0 heterocycles. The van der Waals surface area contributed by atoms with Gasteiger partial charge in [-0.15, -0.1) is 0 Å². The number of ether oxygens (including phenoxy) is 1.